The fraction of sp³-hybridized carbons (Fsp3) is 0.800. The van der Waals surface area contributed by atoms with E-state index < -0.39 is 5.41 Å². The smallest absolute Gasteiger partial charge is 0.227 e. The lowest BCUT2D eigenvalue weighted by Gasteiger charge is -2.35. The zero-order chi connectivity index (χ0) is 16.8. The molecule has 0 aromatic heterocycles. The van der Waals surface area contributed by atoms with Crippen LogP contribution in [0.1, 0.15) is 33.1 Å². The average Bonchev–Trinajstić information content (AvgIpc) is 2.46. The van der Waals surface area contributed by atoms with Crippen LogP contribution in [0.5, 0.6) is 0 Å². The Bertz CT molecular complexity index is 440. The highest BCUT2D eigenvalue weighted by atomic mass is 127. The van der Waals surface area contributed by atoms with Gasteiger partial charge in [0.05, 0.1) is 5.41 Å². The predicted octanol–water partition coefficient (Wildman–Crippen LogP) is 0.539. The van der Waals surface area contributed by atoms with E-state index >= 15 is 0 Å². The summed E-state index contributed by atoms with van der Waals surface area (Å²) in [6, 6.07) is 0. The zero-order valence-electron chi connectivity index (χ0n) is 14.5. The second-order valence-electron chi connectivity index (χ2n) is 6.49. The highest BCUT2D eigenvalue weighted by Crippen LogP contribution is 2.20. The molecule has 0 aromatic rings. The van der Waals surface area contributed by atoms with Gasteiger partial charge in [0.15, 0.2) is 5.96 Å². The Kier molecular flexibility index (Phi) is 9.48. The van der Waals surface area contributed by atoms with Crippen molar-refractivity contribution in [2.24, 2.45) is 22.1 Å². The van der Waals surface area contributed by atoms with E-state index in [0.717, 1.165) is 31.9 Å². The third-order valence-electron chi connectivity index (χ3n) is 4.05. The number of aliphatic imine (C=N–C) groups is 1. The van der Waals surface area contributed by atoms with E-state index in [2.05, 4.69) is 20.5 Å². The standard InChI is InChI=1S/C15H29N5O2.HI/c1-15(2,13(22)17-3)10-19-14(18-4)20-7-5-6-11(9-20)8-12(16)21;/h11H,5-10H2,1-4H3,(H2,16,21)(H,17,22)(H,18,19);1H. The highest BCUT2D eigenvalue weighted by Gasteiger charge is 2.28. The van der Waals surface area contributed by atoms with Crippen LogP contribution in [0.2, 0.25) is 0 Å². The number of piperidine rings is 1. The highest BCUT2D eigenvalue weighted by molar-refractivity contribution is 14.0. The molecule has 0 radical (unpaired) electrons. The number of amides is 2. The molecule has 1 saturated heterocycles. The van der Waals surface area contributed by atoms with E-state index in [-0.39, 0.29) is 41.7 Å². The van der Waals surface area contributed by atoms with E-state index in [4.69, 9.17) is 5.73 Å². The minimum Gasteiger partial charge on any atom is -0.370 e. The van der Waals surface area contributed by atoms with Gasteiger partial charge >= 0.3 is 0 Å². The molecule has 1 fully saturated rings. The maximum absolute atomic E-state index is 11.8. The summed E-state index contributed by atoms with van der Waals surface area (Å²) in [6.45, 7) is 5.94. The number of hydrogen-bond acceptors (Lipinski definition) is 3. The topological polar surface area (TPSA) is 99.8 Å². The van der Waals surface area contributed by atoms with Crippen LogP contribution >= 0.6 is 24.0 Å². The van der Waals surface area contributed by atoms with Crippen LogP contribution in [-0.4, -0.2) is 56.4 Å². The molecule has 1 atom stereocenters. The number of nitrogens with two attached hydrogens (primary N) is 1. The second-order valence-corrected chi connectivity index (χ2v) is 6.49. The predicted molar refractivity (Wildman–Crippen MR) is 103 cm³/mol. The largest absolute Gasteiger partial charge is 0.370 e. The molecule has 1 aliphatic rings. The van der Waals surface area contributed by atoms with Gasteiger partial charge in [0.1, 0.15) is 0 Å². The summed E-state index contributed by atoms with van der Waals surface area (Å²) in [6.07, 6.45) is 2.44. The number of carbonyl (C=O) groups is 2. The van der Waals surface area contributed by atoms with Gasteiger partial charge in [-0.15, -0.1) is 24.0 Å². The molecule has 8 heteroatoms. The summed E-state index contributed by atoms with van der Waals surface area (Å²) in [5, 5.41) is 5.94. The molecule has 0 aromatic carbocycles. The van der Waals surface area contributed by atoms with Crippen LogP contribution < -0.4 is 16.4 Å². The lowest BCUT2D eigenvalue weighted by Crippen LogP contribution is -2.51. The van der Waals surface area contributed by atoms with E-state index in [9.17, 15) is 9.59 Å². The molecule has 0 aliphatic carbocycles. The number of guanidine groups is 1. The number of halogens is 1. The molecule has 1 unspecified atom stereocenters. The van der Waals surface area contributed by atoms with Crippen LogP contribution in [0.4, 0.5) is 0 Å². The quantitative estimate of drug-likeness (QED) is 0.331. The van der Waals surface area contributed by atoms with Gasteiger partial charge in [0, 0.05) is 40.2 Å². The van der Waals surface area contributed by atoms with Crippen LogP contribution in [-0.2, 0) is 9.59 Å². The molecule has 134 valence electrons. The van der Waals surface area contributed by atoms with E-state index in [0.29, 0.717) is 13.0 Å². The Morgan fingerprint density at radius 3 is 2.57 bits per heavy atom. The summed E-state index contributed by atoms with van der Waals surface area (Å²) in [5.74, 6) is 0.777. The summed E-state index contributed by atoms with van der Waals surface area (Å²) < 4.78 is 0. The van der Waals surface area contributed by atoms with Crippen molar-refractivity contribution in [3.63, 3.8) is 0 Å². The third-order valence-corrected chi connectivity index (χ3v) is 4.05. The van der Waals surface area contributed by atoms with Crippen molar-refractivity contribution in [2.45, 2.75) is 33.1 Å². The molecule has 23 heavy (non-hydrogen) atoms. The van der Waals surface area contributed by atoms with Gasteiger partial charge in [-0.2, -0.15) is 0 Å². The van der Waals surface area contributed by atoms with E-state index in [1.807, 2.05) is 13.8 Å². The Morgan fingerprint density at radius 2 is 2.04 bits per heavy atom. The van der Waals surface area contributed by atoms with Crippen molar-refractivity contribution in [1.29, 1.82) is 0 Å². The number of likely N-dealkylation sites (tertiary alicyclic amines) is 1. The van der Waals surface area contributed by atoms with Gasteiger partial charge in [-0.1, -0.05) is 0 Å². The SMILES string of the molecule is CN=C(NCC(C)(C)C(=O)NC)N1CCCC(CC(N)=O)C1.I. The fourth-order valence-electron chi connectivity index (χ4n) is 2.76. The molecule has 1 rings (SSSR count). The minimum atomic E-state index is -0.521. The van der Waals surface area contributed by atoms with Crippen molar-refractivity contribution < 1.29 is 9.59 Å². The van der Waals surface area contributed by atoms with E-state index in [1.165, 1.54) is 0 Å². The van der Waals surface area contributed by atoms with E-state index in [1.54, 1.807) is 14.1 Å². The Labute approximate surface area is 155 Å². The van der Waals surface area contributed by atoms with Crippen molar-refractivity contribution in [1.82, 2.24) is 15.5 Å². The summed E-state index contributed by atoms with van der Waals surface area (Å²) in [4.78, 5) is 29.4. The number of primary amides is 1. The lowest BCUT2D eigenvalue weighted by atomic mass is 9.92. The molecular weight excluding hydrogens is 409 g/mol. The first-order valence-electron chi connectivity index (χ1n) is 7.76. The third kappa shape index (κ3) is 6.92. The second kappa shape index (κ2) is 9.94. The molecule has 4 N–H and O–H groups in total. The fourth-order valence-corrected chi connectivity index (χ4v) is 2.76. The summed E-state index contributed by atoms with van der Waals surface area (Å²) >= 11 is 0. The lowest BCUT2D eigenvalue weighted by molar-refractivity contribution is -0.128. The monoisotopic (exact) mass is 439 g/mol. The Morgan fingerprint density at radius 1 is 1.39 bits per heavy atom. The first kappa shape index (κ1) is 21.9. The van der Waals surface area contributed by atoms with Crippen LogP contribution in [0, 0.1) is 11.3 Å². The Balaban J connectivity index is 0.00000484. The van der Waals surface area contributed by atoms with Gasteiger partial charge in [-0.25, -0.2) is 0 Å². The summed E-state index contributed by atoms with van der Waals surface area (Å²) in [7, 11) is 3.37. The molecule has 7 nitrogen and oxygen atoms in total. The van der Waals surface area contributed by atoms with Crippen LogP contribution in [0.3, 0.4) is 0 Å². The number of hydrogen-bond donors (Lipinski definition) is 3. The molecular formula is C15H30IN5O2. The Hall–Kier alpha value is -1.06. The maximum Gasteiger partial charge on any atom is 0.227 e. The van der Waals surface area contributed by atoms with Crippen molar-refractivity contribution in [2.75, 3.05) is 33.7 Å². The first-order chi connectivity index (χ1) is 10.3. The molecule has 1 aliphatic heterocycles. The number of rotatable bonds is 5. The normalized spacial score (nSPS) is 18.9. The molecule has 0 bridgehead atoms. The van der Waals surface area contributed by atoms with Gasteiger partial charge in [-0.3, -0.25) is 14.6 Å². The summed E-state index contributed by atoms with van der Waals surface area (Å²) in [5.41, 5.74) is 4.77. The number of carbonyl (C=O) groups excluding carboxylic acids is 2. The first-order valence-corrected chi connectivity index (χ1v) is 7.76. The van der Waals surface area contributed by atoms with Crippen LogP contribution in [0.15, 0.2) is 4.99 Å². The zero-order valence-corrected chi connectivity index (χ0v) is 16.8. The van der Waals surface area contributed by atoms with Gasteiger partial charge in [-0.05, 0) is 32.6 Å². The molecule has 1 heterocycles. The van der Waals surface area contributed by atoms with Crippen molar-refractivity contribution in [3.8, 4) is 0 Å². The van der Waals surface area contributed by atoms with Gasteiger partial charge in [0.2, 0.25) is 11.8 Å². The average molecular weight is 439 g/mol. The maximum atomic E-state index is 11.8. The number of nitrogens with zero attached hydrogens (tertiary/aromatic N) is 2. The number of nitrogens with one attached hydrogen (secondary N) is 2. The van der Waals surface area contributed by atoms with Gasteiger partial charge < -0.3 is 21.3 Å². The molecule has 0 spiro atoms. The molecule has 2 amide bonds. The van der Waals surface area contributed by atoms with Gasteiger partial charge in [0.25, 0.3) is 0 Å². The van der Waals surface area contributed by atoms with Crippen molar-refractivity contribution >= 4 is 41.8 Å². The molecule has 0 saturated carbocycles. The van der Waals surface area contributed by atoms with Crippen molar-refractivity contribution in [3.05, 3.63) is 0 Å². The van der Waals surface area contributed by atoms with Crippen LogP contribution in [0.25, 0.3) is 0 Å². The minimum absolute atomic E-state index is 0.